The fraction of sp³-hybridized carbons (Fsp3) is 0. The zero-order chi connectivity index (χ0) is 13.4. The molecule has 7 heteroatoms. The summed E-state index contributed by atoms with van der Waals surface area (Å²) in [7, 11) is 0. The van der Waals surface area contributed by atoms with Gasteiger partial charge in [0.2, 0.25) is 5.82 Å². The summed E-state index contributed by atoms with van der Waals surface area (Å²) >= 11 is 4.87. The second-order valence-electron chi connectivity index (χ2n) is 3.73. The van der Waals surface area contributed by atoms with Gasteiger partial charge < -0.3 is 14.7 Å². The zero-order valence-electron chi connectivity index (χ0n) is 9.37. The van der Waals surface area contributed by atoms with Crippen LogP contribution >= 0.6 is 27.3 Å². The van der Waals surface area contributed by atoms with Crippen molar-refractivity contribution < 1.29 is 14.7 Å². The molecule has 3 rings (SSSR count). The van der Waals surface area contributed by atoms with Crippen LogP contribution in [0.3, 0.4) is 0 Å². The molecule has 2 heterocycles. The molecule has 19 heavy (non-hydrogen) atoms. The molecule has 0 bridgehead atoms. The lowest BCUT2D eigenvalue weighted by Crippen LogP contribution is -1.78. The van der Waals surface area contributed by atoms with Crippen LogP contribution in [-0.2, 0) is 0 Å². The number of nitrogens with zero attached hydrogens (tertiary/aromatic N) is 2. The van der Waals surface area contributed by atoms with Crippen molar-refractivity contribution in [3.63, 3.8) is 0 Å². The van der Waals surface area contributed by atoms with Gasteiger partial charge >= 0.3 is 0 Å². The molecule has 5 nitrogen and oxygen atoms in total. The van der Waals surface area contributed by atoms with Crippen molar-refractivity contribution in [2.45, 2.75) is 0 Å². The molecule has 96 valence electrons. The van der Waals surface area contributed by atoms with E-state index < -0.39 is 0 Å². The minimum atomic E-state index is -0.226. The fourth-order valence-corrected chi connectivity index (χ4v) is 2.84. The molecule has 1 aromatic carbocycles. The van der Waals surface area contributed by atoms with Gasteiger partial charge in [-0.1, -0.05) is 5.16 Å². The average Bonchev–Trinajstić information content (AvgIpc) is 3.01. The van der Waals surface area contributed by atoms with Crippen LogP contribution in [0.25, 0.3) is 22.2 Å². The Bertz CT molecular complexity index is 738. The molecule has 2 N–H and O–H groups in total. The van der Waals surface area contributed by atoms with E-state index >= 15 is 0 Å². The minimum absolute atomic E-state index is 0.189. The molecule has 3 aromatic rings. The highest BCUT2D eigenvalue weighted by molar-refractivity contribution is 9.11. The number of aromatic hydroxyl groups is 2. The SMILES string of the molecule is Oc1ccc(-c2nc(-c3ccc(Br)s3)no2)cc1O. The Morgan fingerprint density at radius 2 is 1.95 bits per heavy atom. The van der Waals surface area contributed by atoms with Crippen molar-refractivity contribution in [3.8, 4) is 33.7 Å². The lowest BCUT2D eigenvalue weighted by molar-refractivity contribution is 0.402. The van der Waals surface area contributed by atoms with E-state index in [9.17, 15) is 10.2 Å². The maximum absolute atomic E-state index is 9.44. The lowest BCUT2D eigenvalue weighted by atomic mass is 10.2. The molecule has 0 saturated carbocycles. The Balaban J connectivity index is 1.98. The number of phenols is 2. The molecule has 0 aliphatic rings. The van der Waals surface area contributed by atoms with Gasteiger partial charge in [-0.2, -0.15) is 4.98 Å². The normalized spacial score (nSPS) is 10.8. The first kappa shape index (κ1) is 12.2. The molecular formula is C12H7BrN2O3S. The van der Waals surface area contributed by atoms with Gasteiger partial charge in [-0.05, 0) is 46.3 Å². The van der Waals surface area contributed by atoms with E-state index in [1.807, 2.05) is 12.1 Å². The Morgan fingerprint density at radius 1 is 1.11 bits per heavy atom. The molecule has 0 unspecified atom stereocenters. The van der Waals surface area contributed by atoms with Gasteiger partial charge in [0.1, 0.15) is 0 Å². The molecule has 0 radical (unpaired) electrons. The largest absolute Gasteiger partial charge is 0.504 e. The van der Waals surface area contributed by atoms with E-state index in [2.05, 4.69) is 26.1 Å². The number of benzene rings is 1. The third-order valence-corrected chi connectivity index (χ3v) is 4.06. The van der Waals surface area contributed by atoms with Crippen LogP contribution in [0.15, 0.2) is 38.6 Å². The maximum Gasteiger partial charge on any atom is 0.258 e. The summed E-state index contributed by atoms with van der Waals surface area (Å²) in [5.74, 6) is 0.356. The molecule has 2 aromatic heterocycles. The minimum Gasteiger partial charge on any atom is -0.504 e. The maximum atomic E-state index is 9.44. The fourth-order valence-electron chi connectivity index (χ4n) is 1.53. The second-order valence-corrected chi connectivity index (χ2v) is 6.19. The summed E-state index contributed by atoms with van der Waals surface area (Å²) in [5.41, 5.74) is 0.546. The standard InChI is InChI=1S/C12H7BrN2O3S/c13-10-4-3-9(19-10)11-14-12(18-15-11)6-1-2-7(16)8(17)5-6/h1-5,16-17H. The molecule has 0 atom stereocenters. The number of halogens is 1. The number of hydrogen-bond acceptors (Lipinski definition) is 6. The Morgan fingerprint density at radius 3 is 2.63 bits per heavy atom. The zero-order valence-corrected chi connectivity index (χ0v) is 11.8. The predicted octanol–water partition coefficient (Wildman–Crippen LogP) is 3.64. The highest BCUT2D eigenvalue weighted by Gasteiger charge is 2.13. The molecule has 0 aliphatic carbocycles. The van der Waals surface area contributed by atoms with Crippen LogP contribution in [0.4, 0.5) is 0 Å². The first-order valence-electron chi connectivity index (χ1n) is 5.25. The molecule has 0 amide bonds. The van der Waals surface area contributed by atoms with Crippen LogP contribution in [0.2, 0.25) is 0 Å². The number of hydrogen-bond donors (Lipinski definition) is 2. The Hall–Kier alpha value is -1.86. The molecule has 0 spiro atoms. The number of phenolic OH excluding ortho intramolecular Hbond substituents is 2. The summed E-state index contributed by atoms with van der Waals surface area (Å²) in [6.07, 6.45) is 0. The van der Waals surface area contributed by atoms with Crippen LogP contribution in [-0.4, -0.2) is 20.4 Å². The van der Waals surface area contributed by atoms with E-state index in [1.165, 1.54) is 23.5 Å². The molecule has 0 saturated heterocycles. The highest BCUT2D eigenvalue weighted by Crippen LogP contribution is 2.33. The van der Waals surface area contributed by atoms with Crippen molar-refractivity contribution in [1.29, 1.82) is 0 Å². The summed E-state index contributed by atoms with van der Waals surface area (Å²) in [6, 6.07) is 8.13. The monoisotopic (exact) mass is 338 g/mol. The van der Waals surface area contributed by atoms with E-state index in [4.69, 9.17) is 4.52 Å². The van der Waals surface area contributed by atoms with Crippen LogP contribution in [0, 0.1) is 0 Å². The molecule has 0 aliphatic heterocycles. The smallest absolute Gasteiger partial charge is 0.258 e. The van der Waals surface area contributed by atoms with Crippen molar-refractivity contribution >= 4 is 27.3 Å². The van der Waals surface area contributed by atoms with Gasteiger partial charge in [-0.15, -0.1) is 11.3 Å². The third-order valence-electron chi connectivity index (χ3n) is 2.44. The summed E-state index contributed by atoms with van der Waals surface area (Å²) in [4.78, 5) is 5.13. The van der Waals surface area contributed by atoms with Gasteiger partial charge in [0.05, 0.1) is 8.66 Å². The Kier molecular flexibility index (Phi) is 3.00. The predicted molar refractivity (Wildman–Crippen MR) is 74.1 cm³/mol. The van der Waals surface area contributed by atoms with Crippen LogP contribution in [0.5, 0.6) is 11.5 Å². The first-order valence-corrected chi connectivity index (χ1v) is 6.86. The molecular weight excluding hydrogens is 332 g/mol. The van der Waals surface area contributed by atoms with Crippen molar-refractivity contribution in [2.75, 3.05) is 0 Å². The van der Waals surface area contributed by atoms with Gasteiger partial charge in [-0.25, -0.2) is 0 Å². The van der Waals surface area contributed by atoms with Crippen molar-refractivity contribution in [1.82, 2.24) is 10.1 Å². The van der Waals surface area contributed by atoms with E-state index in [1.54, 1.807) is 6.07 Å². The van der Waals surface area contributed by atoms with Crippen molar-refractivity contribution in [2.24, 2.45) is 0 Å². The molecule has 0 fully saturated rings. The van der Waals surface area contributed by atoms with Gasteiger partial charge in [0.15, 0.2) is 11.5 Å². The number of thiophene rings is 1. The van der Waals surface area contributed by atoms with Gasteiger partial charge in [0, 0.05) is 5.56 Å². The quantitative estimate of drug-likeness (QED) is 0.697. The van der Waals surface area contributed by atoms with Crippen LogP contribution < -0.4 is 0 Å². The van der Waals surface area contributed by atoms with E-state index in [0.717, 1.165) is 8.66 Å². The van der Waals surface area contributed by atoms with E-state index in [0.29, 0.717) is 11.4 Å². The van der Waals surface area contributed by atoms with E-state index in [-0.39, 0.29) is 17.4 Å². The second kappa shape index (κ2) is 4.67. The third kappa shape index (κ3) is 2.34. The Labute approximate surface area is 120 Å². The number of aromatic nitrogens is 2. The first-order chi connectivity index (χ1) is 9.13. The number of rotatable bonds is 2. The topological polar surface area (TPSA) is 79.4 Å². The van der Waals surface area contributed by atoms with Crippen molar-refractivity contribution in [3.05, 3.63) is 34.1 Å². The summed E-state index contributed by atoms with van der Waals surface area (Å²) in [6.45, 7) is 0. The highest BCUT2D eigenvalue weighted by atomic mass is 79.9. The summed E-state index contributed by atoms with van der Waals surface area (Å²) in [5, 5.41) is 22.6. The van der Waals surface area contributed by atoms with Crippen LogP contribution in [0.1, 0.15) is 0 Å². The average molecular weight is 339 g/mol. The van der Waals surface area contributed by atoms with Gasteiger partial charge in [-0.3, -0.25) is 0 Å². The summed E-state index contributed by atoms with van der Waals surface area (Å²) < 4.78 is 6.13. The lowest BCUT2D eigenvalue weighted by Gasteiger charge is -1.98. The van der Waals surface area contributed by atoms with Gasteiger partial charge in [0.25, 0.3) is 5.89 Å².